The summed E-state index contributed by atoms with van der Waals surface area (Å²) in [4.78, 5) is 2.47. The molecule has 4 nitrogen and oxygen atoms in total. The molecule has 1 aliphatic heterocycles. The van der Waals surface area contributed by atoms with Crippen LogP contribution in [-0.2, 0) is 13.0 Å². The molecule has 0 saturated carbocycles. The number of benzene rings is 2. The predicted molar refractivity (Wildman–Crippen MR) is 91.9 cm³/mol. The van der Waals surface area contributed by atoms with E-state index >= 15 is 0 Å². The lowest BCUT2D eigenvalue weighted by Crippen LogP contribution is -2.33. The lowest BCUT2D eigenvalue weighted by atomic mass is 10.1. The fraction of sp³-hybridized carbons (Fsp3) is 0.263. The summed E-state index contributed by atoms with van der Waals surface area (Å²) < 4.78 is 2.19. The largest absolute Gasteiger partial charge is 0.362 e. The monoisotopic (exact) mass is 304 g/mol. The van der Waals surface area contributed by atoms with Gasteiger partial charge in [-0.3, -0.25) is 4.57 Å². The Labute approximate surface area is 136 Å². The van der Waals surface area contributed by atoms with Crippen LogP contribution in [-0.4, -0.2) is 20.8 Å². The standard InChI is InChI=1S/C19H20N4/c1-14-12-19-21-20-15(2)23(19)18-11-7-6-10-17(18)22(14)13-16-8-4-3-5-9-16/h3-11,14H,12-13H2,1-2H3. The van der Waals surface area contributed by atoms with Gasteiger partial charge in [-0.1, -0.05) is 42.5 Å². The fourth-order valence-electron chi connectivity index (χ4n) is 3.38. The molecule has 0 fully saturated rings. The van der Waals surface area contributed by atoms with Crippen molar-refractivity contribution < 1.29 is 0 Å². The molecule has 0 N–H and O–H groups in total. The van der Waals surface area contributed by atoms with Crippen molar-refractivity contribution in [2.24, 2.45) is 0 Å². The molecule has 0 spiro atoms. The van der Waals surface area contributed by atoms with Crippen LogP contribution in [0, 0.1) is 6.92 Å². The minimum atomic E-state index is 0.362. The summed E-state index contributed by atoms with van der Waals surface area (Å²) in [7, 11) is 0. The minimum Gasteiger partial charge on any atom is -0.362 e. The maximum absolute atomic E-state index is 4.39. The van der Waals surface area contributed by atoms with Gasteiger partial charge in [0.15, 0.2) is 0 Å². The number of rotatable bonds is 2. The zero-order valence-electron chi connectivity index (χ0n) is 13.5. The minimum absolute atomic E-state index is 0.362. The molecule has 2 aromatic carbocycles. The van der Waals surface area contributed by atoms with E-state index in [1.807, 2.05) is 6.92 Å². The Bertz CT molecular complexity index is 822. The van der Waals surface area contributed by atoms with Gasteiger partial charge in [-0.25, -0.2) is 0 Å². The number of fused-ring (bicyclic) bond motifs is 3. The van der Waals surface area contributed by atoms with Gasteiger partial charge in [0.05, 0.1) is 11.4 Å². The number of hydrogen-bond acceptors (Lipinski definition) is 3. The van der Waals surface area contributed by atoms with E-state index < -0.39 is 0 Å². The average Bonchev–Trinajstić information content (AvgIpc) is 2.88. The Hall–Kier alpha value is -2.62. The number of nitrogens with zero attached hydrogens (tertiary/aromatic N) is 4. The molecule has 1 aromatic heterocycles. The predicted octanol–water partition coefficient (Wildman–Crippen LogP) is 3.53. The molecule has 1 aliphatic rings. The van der Waals surface area contributed by atoms with Crippen LogP contribution in [0.1, 0.15) is 24.1 Å². The third-order valence-corrected chi connectivity index (χ3v) is 4.53. The van der Waals surface area contributed by atoms with Crippen molar-refractivity contribution in [3.8, 4) is 5.69 Å². The number of anilines is 1. The third kappa shape index (κ3) is 2.40. The highest BCUT2D eigenvalue weighted by Crippen LogP contribution is 2.33. The van der Waals surface area contributed by atoms with Crippen LogP contribution in [0.2, 0.25) is 0 Å². The number of aryl methyl sites for hydroxylation is 1. The summed E-state index contributed by atoms with van der Waals surface area (Å²) in [5, 5.41) is 8.67. The Morgan fingerprint density at radius 3 is 2.43 bits per heavy atom. The van der Waals surface area contributed by atoms with Crippen molar-refractivity contribution in [2.75, 3.05) is 4.90 Å². The molecule has 1 atom stereocenters. The molecule has 4 rings (SSSR count). The van der Waals surface area contributed by atoms with E-state index in [4.69, 9.17) is 0 Å². The number of hydrogen-bond donors (Lipinski definition) is 0. The van der Waals surface area contributed by atoms with Gasteiger partial charge in [0.25, 0.3) is 0 Å². The Morgan fingerprint density at radius 2 is 1.65 bits per heavy atom. The molecular weight excluding hydrogens is 284 g/mol. The molecule has 4 heteroatoms. The molecule has 0 radical (unpaired) electrons. The van der Waals surface area contributed by atoms with E-state index in [1.165, 1.54) is 16.9 Å². The zero-order chi connectivity index (χ0) is 15.8. The number of aromatic nitrogens is 3. The summed E-state index contributed by atoms with van der Waals surface area (Å²) in [6.07, 6.45) is 0.891. The summed E-state index contributed by atoms with van der Waals surface area (Å²) in [5.74, 6) is 1.99. The van der Waals surface area contributed by atoms with Crippen molar-refractivity contribution in [1.29, 1.82) is 0 Å². The lowest BCUT2D eigenvalue weighted by Gasteiger charge is -2.30. The van der Waals surface area contributed by atoms with Crippen molar-refractivity contribution in [1.82, 2.24) is 14.8 Å². The summed E-state index contributed by atoms with van der Waals surface area (Å²) in [6, 6.07) is 19.5. The lowest BCUT2D eigenvalue weighted by molar-refractivity contribution is 0.619. The quantitative estimate of drug-likeness (QED) is 0.726. The topological polar surface area (TPSA) is 34.0 Å². The molecule has 23 heavy (non-hydrogen) atoms. The molecule has 0 aliphatic carbocycles. The Kier molecular flexibility index (Phi) is 3.37. The second-order valence-corrected chi connectivity index (χ2v) is 6.15. The molecule has 1 unspecified atom stereocenters. The van der Waals surface area contributed by atoms with Gasteiger partial charge in [-0.05, 0) is 31.5 Å². The molecule has 0 amide bonds. The fourth-order valence-corrected chi connectivity index (χ4v) is 3.38. The van der Waals surface area contributed by atoms with E-state index in [2.05, 4.69) is 81.2 Å². The highest BCUT2D eigenvalue weighted by molar-refractivity contribution is 5.65. The molecular formula is C19H20N4. The second-order valence-electron chi connectivity index (χ2n) is 6.15. The summed E-state index contributed by atoms with van der Waals surface area (Å²) in [5.41, 5.74) is 3.74. The van der Waals surface area contributed by atoms with Crippen LogP contribution in [0.4, 0.5) is 5.69 Å². The Morgan fingerprint density at radius 1 is 0.957 bits per heavy atom. The van der Waals surface area contributed by atoms with E-state index in [0.717, 1.165) is 24.6 Å². The molecule has 2 heterocycles. The molecule has 3 aromatic rings. The van der Waals surface area contributed by atoms with E-state index in [9.17, 15) is 0 Å². The maximum Gasteiger partial charge on any atom is 0.139 e. The van der Waals surface area contributed by atoms with Gasteiger partial charge >= 0.3 is 0 Å². The SMILES string of the molecule is Cc1nnc2n1-c1ccccc1N(Cc1ccccc1)C(C)C2. The van der Waals surface area contributed by atoms with E-state index in [-0.39, 0.29) is 0 Å². The Balaban J connectivity index is 1.83. The van der Waals surface area contributed by atoms with Crippen molar-refractivity contribution in [3.63, 3.8) is 0 Å². The van der Waals surface area contributed by atoms with Crippen LogP contribution in [0.5, 0.6) is 0 Å². The first-order chi connectivity index (χ1) is 11.2. The van der Waals surface area contributed by atoms with Gasteiger partial charge in [-0.15, -0.1) is 10.2 Å². The first-order valence-corrected chi connectivity index (χ1v) is 8.05. The van der Waals surface area contributed by atoms with Crippen LogP contribution < -0.4 is 4.90 Å². The van der Waals surface area contributed by atoms with Crippen LogP contribution in [0.3, 0.4) is 0 Å². The zero-order valence-corrected chi connectivity index (χ0v) is 13.5. The van der Waals surface area contributed by atoms with Gasteiger partial charge in [-0.2, -0.15) is 0 Å². The van der Waals surface area contributed by atoms with Crippen LogP contribution in [0.25, 0.3) is 5.69 Å². The highest BCUT2D eigenvalue weighted by atomic mass is 15.3. The highest BCUT2D eigenvalue weighted by Gasteiger charge is 2.26. The van der Waals surface area contributed by atoms with Gasteiger partial charge < -0.3 is 4.90 Å². The number of para-hydroxylation sites is 2. The van der Waals surface area contributed by atoms with Crippen LogP contribution >= 0.6 is 0 Å². The second kappa shape index (κ2) is 5.54. The molecule has 0 bridgehead atoms. The molecule has 116 valence electrons. The van der Waals surface area contributed by atoms with Crippen molar-refractivity contribution in [3.05, 3.63) is 71.8 Å². The smallest absolute Gasteiger partial charge is 0.139 e. The van der Waals surface area contributed by atoms with E-state index in [0.29, 0.717) is 6.04 Å². The first kappa shape index (κ1) is 14.0. The summed E-state index contributed by atoms with van der Waals surface area (Å²) in [6.45, 7) is 5.18. The maximum atomic E-state index is 4.39. The van der Waals surface area contributed by atoms with Crippen LogP contribution in [0.15, 0.2) is 54.6 Å². The van der Waals surface area contributed by atoms with Crippen molar-refractivity contribution >= 4 is 5.69 Å². The van der Waals surface area contributed by atoms with E-state index in [1.54, 1.807) is 0 Å². The third-order valence-electron chi connectivity index (χ3n) is 4.53. The first-order valence-electron chi connectivity index (χ1n) is 8.05. The molecule has 0 saturated heterocycles. The van der Waals surface area contributed by atoms with Crippen molar-refractivity contribution in [2.45, 2.75) is 32.9 Å². The van der Waals surface area contributed by atoms with Gasteiger partial charge in [0.2, 0.25) is 0 Å². The summed E-state index contributed by atoms with van der Waals surface area (Å²) >= 11 is 0. The average molecular weight is 304 g/mol. The normalized spacial score (nSPS) is 16.6. The van der Waals surface area contributed by atoms with Gasteiger partial charge in [0, 0.05) is 19.0 Å². The van der Waals surface area contributed by atoms with Gasteiger partial charge in [0.1, 0.15) is 11.6 Å².